The highest BCUT2D eigenvalue weighted by molar-refractivity contribution is 8.13. The number of aryl methyl sites for hydroxylation is 1. The van der Waals surface area contributed by atoms with Crippen LogP contribution in [0.25, 0.3) is 0 Å². The van der Waals surface area contributed by atoms with Gasteiger partial charge in [-0.1, -0.05) is 0 Å². The van der Waals surface area contributed by atoms with Gasteiger partial charge in [0, 0.05) is 36.7 Å². The third kappa shape index (κ3) is 5.14. The average Bonchev–Trinajstić information content (AvgIpc) is 2.65. The van der Waals surface area contributed by atoms with Crippen LogP contribution in [0.15, 0.2) is 17.2 Å². The fraction of sp³-hybridized carbons (Fsp3) is 0.500. The van der Waals surface area contributed by atoms with Crippen LogP contribution in [-0.4, -0.2) is 45.9 Å². The summed E-state index contributed by atoms with van der Waals surface area (Å²) >= 11 is 0. The maximum absolute atomic E-state index is 11.8. The van der Waals surface area contributed by atoms with Crippen LogP contribution in [0.4, 0.5) is 0 Å². The zero-order chi connectivity index (χ0) is 15.6. The van der Waals surface area contributed by atoms with Crippen LogP contribution < -0.4 is 5.32 Å². The third-order valence-electron chi connectivity index (χ3n) is 2.47. The highest BCUT2D eigenvalue weighted by Gasteiger charge is 2.18. The number of nitrogens with one attached hydrogen (secondary N) is 1. The Morgan fingerprint density at radius 1 is 1.35 bits per heavy atom. The van der Waals surface area contributed by atoms with Crippen LogP contribution >= 0.6 is 10.7 Å². The molecule has 20 heavy (non-hydrogen) atoms. The second-order valence-corrected chi connectivity index (χ2v) is 9.17. The van der Waals surface area contributed by atoms with E-state index >= 15 is 0 Å². The Bertz CT molecular complexity index is 706. The van der Waals surface area contributed by atoms with Crippen molar-refractivity contribution in [3.63, 3.8) is 0 Å². The van der Waals surface area contributed by atoms with Gasteiger partial charge in [0.05, 0.1) is 5.75 Å². The minimum Gasteiger partial charge on any atom is -0.351 e. The molecule has 114 valence electrons. The molecular formula is C10H15ClN2O5S2. The van der Waals surface area contributed by atoms with Crippen molar-refractivity contribution in [2.24, 2.45) is 7.05 Å². The fourth-order valence-electron chi connectivity index (χ4n) is 1.52. The second kappa shape index (κ2) is 6.15. The first-order valence-corrected chi connectivity index (χ1v) is 9.94. The molecule has 1 heterocycles. The number of nitrogens with zero attached hydrogens (tertiary/aromatic N) is 1. The molecule has 0 aromatic carbocycles. The van der Waals surface area contributed by atoms with Gasteiger partial charge in [0.25, 0.3) is 15.0 Å². The Labute approximate surface area is 122 Å². The van der Waals surface area contributed by atoms with E-state index in [2.05, 4.69) is 5.32 Å². The molecule has 1 amide bonds. The third-order valence-corrected chi connectivity index (χ3v) is 4.82. The summed E-state index contributed by atoms with van der Waals surface area (Å²) in [4.78, 5) is 11.6. The Morgan fingerprint density at radius 2 is 1.95 bits per heavy atom. The van der Waals surface area contributed by atoms with Gasteiger partial charge < -0.3 is 9.88 Å². The Hall–Kier alpha value is -1.06. The highest BCUT2D eigenvalue weighted by Crippen LogP contribution is 2.17. The fourth-order valence-corrected chi connectivity index (χ4v) is 2.98. The van der Waals surface area contributed by atoms with Crippen molar-refractivity contribution in [1.29, 1.82) is 0 Å². The summed E-state index contributed by atoms with van der Waals surface area (Å²) in [5.41, 5.74) is 0.128. The topological polar surface area (TPSA) is 102 Å². The summed E-state index contributed by atoms with van der Waals surface area (Å²) < 4.78 is 45.5. The van der Waals surface area contributed by atoms with E-state index in [1.54, 1.807) is 0 Å². The lowest BCUT2D eigenvalue weighted by Crippen LogP contribution is -2.27. The van der Waals surface area contributed by atoms with E-state index in [0.717, 1.165) is 12.3 Å². The molecule has 0 aliphatic heterocycles. The number of carbonyl (C=O) groups excluding carboxylic acids is 1. The molecule has 10 heteroatoms. The van der Waals surface area contributed by atoms with Gasteiger partial charge in [-0.25, -0.2) is 16.8 Å². The first-order chi connectivity index (χ1) is 9.00. The predicted octanol–water partition coefficient (Wildman–Crippen LogP) is 0.117. The Kier molecular flexibility index (Phi) is 5.22. The quantitative estimate of drug-likeness (QED) is 0.584. The van der Waals surface area contributed by atoms with Crippen LogP contribution in [0.1, 0.15) is 16.9 Å². The van der Waals surface area contributed by atoms with Gasteiger partial charge in [-0.3, -0.25) is 4.79 Å². The summed E-state index contributed by atoms with van der Waals surface area (Å²) in [6.45, 7) is 0.181. The lowest BCUT2D eigenvalue weighted by atomic mass is 10.4. The zero-order valence-corrected chi connectivity index (χ0v) is 13.3. The predicted molar refractivity (Wildman–Crippen MR) is 75.1 cm³/mol. The average molecular weight is 343 g/mol. The summed E-state index contributed by atoms with van der Waals surface area (Å²) in [7, 11) is -0.257. The second-order valence-electron chi connectivity index (χ2n) is 4.35. The standard InChI is InChI=1S/C10H15ClN2O5S2/c1-13-7-8(20(11,17)18)6-9(13)10(14)12-4-3-5-19(2,15)16/h6-7H,3-5H2,1-2H3,(H,12,14). The minimum absolute atomic E-state index is 0.0261. The molecule has 0 radical (unpaired) electrons. The number of carbonyl (C=O) groups is 1. The number of hydrogen-bond donors (Lipinski definition) is 1. The van der Waals surface area contributed by atoms with E-state index in [4.69, 9.17) is 10.7 Å². The van der Waals surface area contributed by atoms with E-state index in [1.165, 1.54) is 17.8 Å². The smallest absolute Gasteiger partial charge is 0.267 e. The SMILES string of the molecule is Cn1cc(S(=O)(=O)Cl)cc1C(=O)NCCCS(C)(=O)=O. The zero-order valence-electron chi connectivity index (χ0n) is 11.0. The molecule has 0 bridgehead atoms. The van der Waals surface area contributed by atoms with Crippen molar-refractivity contribution in [3.05, 3.63) is 18.0 Å². The molecule has 0 atom stereocenters. The number of halogens is 1. The van der Waals surface area contributed by atoms with Crippen LogP contribution in [0.5, 0.6) is 0 Å². The molecule has 0 spiro atoms. The van der Waals surface area contributed by atoms with Crippen LogP contribution in [0, 0.1) is 0 Å². The van der Waals surface area contributed by atoms with Crippen molar-refractivity contribution in [3.8, 4) is 0 Å². The molecule has 7 nitrogen and oxygen atoms in total. The lowest BCUT2D eigenvalue weighted by Gasteiger charge is -2.05. The number of hydrogen-bond acceptors (Lipinski definition) is 5. The van der Waals surface area contributed by atoms with Gasteiger partial charge in [0.15, 0.2) is 0 Å². The number of sulfone groups is 1. The van der Waals surface area contributed by atoms with Gasteiger partial charge in [-0.05, 0) is 12.5 Å². The van der Waals surface area contributed by atoms with E-state index < -0.39 is 24.8 Å². The van der Waals surface area contributed by atoms with Gasteiger partial charge in [-0.15, -0.1) is 0 Å². The molecule has 0 saturated carbocycles. The van der Waals surface area contributed by atoms with Crippen LogP contribution in [0.2, 0.25) is 0 Å². The number of aromatic nitrogens is 1. The Balaban J connectivity index is 2.67. The largest absolute Gasteiger partial charge is 0.351 e. The first-order valence-electron chi connectivity index (χ1n) is 5.57. The highest BCUT2D eigenvalue weighted by atomic mass is 35.7. The van der Waals surface area contributed by atoms with E-state index in [9.17, 15) is 21.6 Å². The molecule has 0 aliphatic rings. The van der Waals surface area contributed by atoms with Crippen molar-refractivity contribution < 1.29 is 21.6 Å². The van der Waals surface area contributed by atoms with E-state index in [-0.39, 0.29) is 29.3 Å². The molecular weight excluding hydrogens is 328 g/mol. The molecule has 1 aromatic rings. The molecule has 1 N–H and O–H groups in total. The van der Waals surface area contributed by atoms with Crippen LogP contribution in [0.3, 0.4) is 0 Å². The number of amides is 1. The minimum atomic E-state index is -3.89. The van der Waals surface area contributed by atoms with E-state index in [0.29, 0.717) is 0 Å². The normalized spacial score (nSPS) is 12.3. The van der Waals surface area contributed by atoms with Crippen molar-refractivity contribution in [2.45, 2.75) is 11.3 Å². The summed E-state index contributed by atoms with van der Waals surface area (Å²) in [5.74, 6) is -0.519. The maximum atomic E-state index is 11.8. The van der Waals surface area contributed by atoms with Crippen molar-refractivity contribution in [2.75, 3.05) is 18.6 Å². The summed E-state index contributed by atoms with van der Waals surface area (Å²) in [6.07, 6.45) is 2.63. The van der Waals surface area contributed by atoms with Crippen LogP contribution in [-0.2, 0) is 25.9 Å². The van der Waals surface area contributed by atoms with Gasteiger partial charge in [0.1, 0.15) is 20.4 Å². The molecule has 1 rings (SSSR count). The first kappa shape index (κ1) is 17.0. The molecule has 1 aromatic heterocycles. The lowest BCUT2D eigenvalue weighted by molar-refractivity contribution is 0.0945. The maximum Gasteiger partial charge on any atom is 0.267 e. The van der Waals surface area contributed by atoms with Crippen molar-refractivity contribution >= 4 is 35.5 Å². The van der Waals surface area contributed by atoms with Gasteiger partial charge >= 0.3 is 0 Å². The van der Waals surface area contributed by atoms with Crippen molar-refractivity contribution in [1.82, 2.24) is 9.88 Å². The van der Waals surface area contributed by atoms with Gasteiger partial charge in [0.2, 0.25) is 0 Å². The molecule has 0 fully saturated rings. The molecule has 0 saturated heterocycles. The monoisotopic (exact) mass is 342 g/mol. The Morgan fingerprint density at radius 3 is 2.40 bits per heavy atom. The summed E-state index contributed by atoms with van der Waals surface area (Å²) in [6, 6.07) is 1.16. The van der Waals surface area contributed by atoms with Gasteiger partial charge in [-0.2, -0.15) is 0 Å². The molecule has 0 aliphatic carbocycles. The van der Waals surface area contributed by atoms with E-state index in [1.807, 2.05) is 0 Å². The number of rotatable bonds is 6. The molecule has 0 unspecified atom stereocenters. The summed E-state index contributed by atoms with van der Waals surface area (Å²) in [5, 5.41) is 2.52.